The molecule has 3 rings (SSSR count). The topological polar surface area (TPSA) is 93.8 Å². The molecule has 1 aromatic carbocycles. The summed E-state index contributed by atoms with van der Waals surface area (Å²) in [5.41, 5.74) is 11.8. The molecule has 0 aliphatic heterocycles. The maximum Gasteiger partial charge on any atom is 0.238 e. The number of nitrogens with two attached hydrogens (primary N) is 1. The van der Waals surface area contributed by atoms with Crippen LogP contribution in [0.1, 0.15) is 50.2 Å². The number of aryl methyl sites for hydroxylation is 1. The number of hydrazone groups is 1. The second-order valence-corrected chi connectivity index (χ2v) is 7.43. The fourth-order valence-corrected chi connectivity index (χ4v) is 3.93. The highest BCUT2D eigenvalue weighted by atomic mass is 16.5. The molecule has 0 spiro atoms. The van der Waals surface area contributed by atoms with Gasteiger partial charge in [0.15, 0.2) is 0 Å². The minimum absolute atomic E-state index is 0.0237. The first kappa shape index (κ1) is 19.1. The van der Waals surface area contributed by atoms with E-state index in [1.807, 2.05) is 13.0 Å². The van der Waals surface area contributed by atoms with E-state index in [4.69, 9.17) is 10.5 Å². The third kappa shape index (κ3) is 4.04. The van der Waals surface area contributed by atoms with Crippen LogP contribution in [0, 0.1) is 5.41 Å². The molecule has 0 aromatic heterocycles. The maximum absolute atomic E-state index is 12.6. The Morgan fingerprint density at radius 3 is 2.89 bits per heavy atom. The minimum atomic E-state index is -0.623. The van der Waals surface area contributed by atoms with Crippen LogP contribution in [-0.2, 0) is 16.0 Å². The molecule has 0 radical (unpaired) electrons. The molecule has 27 heavy (non-hydrogen) atoms. The number of Topliss-reactive ketones (excluding diaryl/α,β-unsaturated/α-hetero) is 1. The van der Waals surface area contributed by atoms with Crippen LogP contribution in [0.25, 0.3) is 5.57 Å². The van der Waals surface area contributed by atoms with E-state index in [0.717, 1.165) is 30.7 Å². The second-order valence-electron chi connectivity index (χ2n) is 7.43. The summed E-state index contributed by atoms with van der Waals surface area (Å²) in [6.07, 6.45) is 7.07. The number of hydrogen-bond donors (Lipinski definition) is 2. The lowest BCUT2D eigenvalue weighted by atomic mass is 9.80. The highest BCUT2D eigenvalue weighted by Gasteiger charge is 2.42. The summed E-state index contributed by atoms with van der Waals surface area (Å²) in [7, 11) is 1.68. The van der Waals surface area contributed by atoms with Crippen molar-refractivity contribution in [1.29, 1.82) is 0 Å². The van der Waals surface area contributed by atoms with Gasteiger partial charge in [-0.25, -0.2) is 0 Å². The van der Waals surface area contributed by atoms with Gasteiger partial charge in [-0.15, -0.1) is 0 Å². The molecule has 0 unspecified atom stereocenters. The van der Waals surface area contributed by atoms with Gasteiger partial charge in [0.1, 0.15) is 18.1 Å². The lowest BCUT2D eigenvalue weighted by molar-refractivity contribution is -0.123. The standard InChI is InChI=1S/C21H27N3O3/c1-21(18(8-9-19(21)25)24-23-13-20(22)26)11-10-14-4-3-5-15-12-16(27-2)6-7-17(14)15/h6-7,10,12,23H,3-5,8-9,11,13H2,1-2H3,(H2,22,26)/b14-10+,24-18+/t21-/m1/s1. The van der Waals surface area contributed by atoms with Gasteiger partial charge < -0.3 is 15.9 Å². The van der Waals surface area contributed by atoms with Crippen LogP contribution in [-0.4, -0.2) is 31.1 Å². The van der Waals surface area contributed by atoms with Crippen molar-refractivity contribution in [3.63, 3.8) is 0 Å². The molecular weight excluding hydrogens is 342 g/mol. The fraction of sp³-hybridized carbons (Fsp3) is 0.476. The normalized spacial score (nSPS) is 24.9. The molecule has 1 saturated carbocycles. The summed E-state index contributed by atoms with van der Waals surface area (Å²) in [6, 6.07) is 6.20. The number of amides is 1. The summed E-state index contributed by atoms with van der Waals surface area (Å²) in [5, 5.41) is 4.30. The van der Waals surface area contributed by atoms with Gasteiger partial charge in [0.25, 0.3) is 0 Å². The summed E-state index contributed by atoms with van der Waals surface area (Å²) in [4.78, 5) is 23.5. The number of carbonyl (C=O) groups excluding carboxylic acids is 2. The number of carbonyl (C=O) groups is 2. The maximum atomic E-state index is 12.6. The van der Waals surface area contributed by atoms with Crippen molar-refractivity contribution in [2.45, 2.75) is 45.4 Å². The average molecular weight is 369 g/mol. The van der Waals surface area contributed by atoms with Crippen molar-refractivity contribution in [2.24, 2.45) is 16.3 Å². The number of benzene rings is 1. The first-order chi connectivity index (χ1) is 12.9. The largest absolute Gasteiger partial charge is 0.497 e. The van der Waals surface area contributed by atoms with Crippen LogP contribution in [0.2, 0.25) is 0 Å². The van der Waals surface area contributed by atoms with Crippen molar-refractivity contribution >= 4 is 23.0 Å². The van der Waals surface area contributed by atoms with Gasteiger partial charge in [-0.2, -0.15) is 5.10 Å². The first-order valence-electron chi connectivity index (χ1n) is 9.42. The lowest BCUT2D eigenvalue weighted by Gasteiger charge is -2.24. The Kier molecular flexibility index (Phi) is 5.63. The number of nitrogens with zero attached hydrogens (tertiary/aromatic N) is 1. The molecule has 1 fully saturated rings. The number of primary amides is 1. The summed E-state index contributed by atoms with van der Waals surface area (Å²) in [6.45, 7) is 1.92. The van der Waals surface area contributed by atoms with Crippen LogP contribution in [0.4, 0.5) is 0 Å². The summed E-state index contributed by atoms with van der Waals surface area (Å²) in [5.74, 6) is 0.606. The Morgan fingerprint density at radius 2 is 2.15 bits per heavy atom. The number of ketones is 1. The van der Waals surface area contributed by atoms with Gasteiger partial charge in [0, 0.05) is 6.42 Å². The predicted octanol–water partition coefficient (Wildman–Crippen LogP) is 2.61. The van der Waals surface area contributed by atoms with Crippen LogP contribution in [0.5, 0.6) is 5.75 Å². The third-order valence-electron chi connectivity index (χ3n) is 5.62. The Labute approximate surface area is 159 Å². The van der Waals surface area contributed by atoms with E-state index in [1.54, 1.807) is 7.11 Å². The highest BCUT2D eigenvalue weighted by molar-refractivity contribution is 6.15. The highest BCUT2D eigenvalue weighted by Crippen LogP contribution is 2.39. The van der Waals surface area contributed by atoms with Crippen LogP contribution < -0.4 is 15.9 Å². The Bertz CT molecular complexity index is 813. The molecule has 3 N–H and O–H groups in total. The molecule has 1 amide bonds. The monoisotopic (exact) mass is 369 g/mol. The SMILES string of the molecule is COc1ccc2c(c1)CCC/C2=C\C[C@@]1(C)C(=O)CC/C1=N\NCC(N)=O. The van der Waals surface area contributed by atoms with Crippen molar-refractivity contribution in [1.82, 2.24) is 5.43 Å². The molecule has 2 aliphatic carbocycles. The number of methoxy groups -OCH3 is 1. The van der Waals surface area contributed by atoms with Crippen molar-refractivity contribution in [3.05, 3.63) is 35.4 Å². The Balaban J connectivity index is 1.82. The van der Waals surface area contributed by atoms with Crippen molar-refractivity contribution < 1.29 is 14.3 Å². The molecule has 2 aliphatic rings. The van der Waals surface area contributed by atoms with E-state index in [2.05, 4.69) is 28.7 Å². The molecular formula is C21H27N3O3. The summed E-state index contributed by atoms with van der Waals surface area (Å²) < 4.78 is 5.34. The van der Waals surface area contributed by atoms with Gasteiger partial charge in [-0.05, 0) is 67.9 Å². The van der Waals surface area contributed by atoms with Crippen molar-refractivity contribution in [2.75, 3.05) is 13.7 Å². The van der Waals surface area contributed by atoms with Gasteiger partial charge >= 0.3 is 0 Å². The third-order valence-corrected chi connectivity index (χ3v) is 5.62. The van der Waals surface area contributed by atoms with Gasteiger partial charge in [0.2, 0.25) is 5.91 Å². The molecule has 6 heteroatoms. The molecule has 1 aromatic rings. The average Bonchev–Trinajstić information content (AvgIpc) is 2.94. The number of rotatable bonds is 6. The number of allylic oxidation sites excluding steroid dienone is 2. The molecule has 0 saturated heterocycles. The zero-order chi connectivity index (χ0) is 19.4. The second kappa shape index (κ2) is 7.94. The molecule has 6 nitrogen and oxygen atoms in total. The predicted molar refractivity (Wildman–Crippen MR) is 106 cm³/mol. The van der Waals surface area contributed by atoms with E-state index < -0.39 is 11.3 Å². The van der Waals surface area contributed by atoms with E-state index in [9.17, 15) is 9.59 Å². The van der Waals surface area contributed by atoms with Crippen molar-refractivity contribution in [3.8, 4) is 5.75 Å². The van der Waals surface area contributed by atoms with E-state index >= 15 is 0 Å². The zero-order valence-corrected chi connectivity index (χ0v) is 16.0. The van der Waals surface area contributed by atoms with Gasteiger partial charge in [-0.3, -0.25) is 9.59 Å². The zero-order valence-electron chi connectivity index (χ0n) is 16.0. The number of fused-ring (bicyclic) bond motifs is 1. The molecule has 0 heterocycles. The van der Waals surface area contributed by atoms with E-state index in [-0.39, 0.29) is 12.3 Å². The van der Waals surface area contributed by atoms with Crippen LogP contribution in [0.3, 0.4) is 0 Å². The quantitative estimate of drug-likeness (QED) is 0.754. The van der Waals surface area contributed by atoms with Crippen LogP contribution in [0.15, 0.2) is 29.4 Å². The van der Waals surface area contributed by atoms with Gasteiger partial charge in [0.05, 0.1) is 18.2 Å². The van der Waals surface area contributed by atoms with E-state index in [0.29, 0.717) is 19.3 Å². The minimum Gasteiger partial charge on any atom is -0.497 e. The smallest absolute Gasteiger partial charge is 0.238 e. The van der Waals surface area contributed by atoms with Gasteiger partial charge in [-0.1, -0.05) is 12.1 Å². The number of nitrogens with one attached hydrogen (secondary N) is 1. The summed E-state index contributed by atoms with van der Waals surface area (Å²) >= 11 is 0. The first-order valence-corrected chi connectivity index (χ1v) is 9.42. The molecule has 1 atom stereocenters. The lowest BCUT2D eigenvalue weighted by Crippen LogP contribution is -2.32. The molecule has 0 bridgehead atoms. The molecule has 144 valence electrons. The van der Waals surface area contributed by atoms with Crippen LogP contribution >= 0.6 is 0 Å². The Morgan fingerprint density at radius 1 is 1.33 bits per heavy atom. The number of hydrogen-bond acceptors (Lipinski definition) is 5. The Hall–Kier alpha value is -2.63. The number of ether oxygens (including phenoxy) is 1. The fourth-order valence-electron chi connectivity index (χ4n) is 3.93. The van der Waals surface area contributed by atoms with E-state index in [1.165, 1.54) is 16.7 Å².